The highest BCUT2D eigenvalue weighted by Gasteiger charge is 2.38. The summed E-state index contributed by atoms with van der Waals surface area (Å²) >= 11 is 0. The van der Waals surface area contributed by atoms with Gasteiger partial charge in [-0.3, -0.25) is 4.79 Å². The van der Waals surface area contributed by atoms with Crippen LogP contribution in [0.2, 0.25) is 0 Å². The van der Waals surface area contributed by atoms with Crippen molar-refractivity contribution in [2.45, 2.75) is 37.6 Å². The third-order valence-electron chi connectivity index (χ3n) is 4.01. The molecule has 1 amide bonds. The van der Waals surface area contributed by atoms with Crippen molar-refractivity contribution >= 4 is 11.7 Å². The number of ether oxygens (including phenoxy) is 1. The lowest BCUT2D eigenvalue weighted by Gasteiger charge is -2.36. The second-order valence-electron chi connectivity index (χ2n) is 5.31. The molecule has 0 bridgehead atoms. The summed E-state index contributed by atoms with van der Waals surface area (Å²) in [6.07, 6.45) is 4.35. The zero-order chi connectivity index (χ0) is 15.3. The van der Waals surface area contributed by atoms with E-state index >= 15 is 0 Å². The van der Waals surface area contributed by atoms with Crippen LogP contribution < -0.4 is 15.8 Å². The van der Waals surface area contributed by atoms with E-state index in [2.05, 4.69) is 10.5 Å². The summed E-state index contributed by atoms with van der Waals surface area (Å²) in [6.45, 7) is 0. The quantitative estimate of drug-likeness (QED) is 0.341. The first-order chi connectivity index (χ1) is 10.1. The number of methoxy groups -OCH3 is 1. The number of amidine groups is 1. The Hall–Kier alpha value is -2.24. The molecule has 0 aliphatic heterocycles. The van der Waals surface area contributed by atoms with Gasteiger partial charge in [-0.25, -0.2) is 0 Å². The second-order valence-corrected chi connectivity index (χ2v) is 5.31. The van der Waals surface area contributed by atoms with Crippen molar-refractivity contribution in [2.75, 3.05) is 7.11 Å². The van der Waals surface area contributed by atoms with Crippen LogP contribution in [0.5, 0.6) is 5.75 Å². The SMILES string of the molecule is COc1ccc(C(=O)NC2(/C(N)=N/O)CCCCC2)cc1. The number of amides is 1. The van der Waals surface area contributed by atoms with Crippen LogP contribution >= 0.6 is 0 Å². The third kappa shape index (κ3) is 3.26. The average molecular weight is 291 g/mol. The Morgan fingerprint density at radius 1 is 1.29 bits per heavy atom. The maximum absolute atomic E-state index is 12.4. The predicted octanol–water partition coefficient (Wildman–Crippen LogP) is 1.87. The van der Waals surface area contributed by atoms with Crippen LogP contribution in [0.15, 0.2) is 29.4 Å². The number of hydrogen-bond acceptors (Lipinski definition) is 4. The molecule has 0 atom stereocenters. The number of nitrogens with one attached hydrogen (secondary N) is 1. The molecule has 0 saturated heterocycles. The molecule has 2 rings (SSSR count). The molecule has 1 fully saturated rings. The fraction of sp³-hybridized carbons (Fsp3) is 0.467. The molecular formula is C15H21N3O3. The van der Waals surface area contributed by atoms with Gasteiger partial charge in [0.1, 0.15) is 11.3 Å². The number of rotatable bonds is 4. The lowest BCUT2D eigenvalue weighted by molar-refractivity contribution is 0.0905. The van der Waals surface area contributed by atoms with Crippen LogP contribution in [0.4, 0.5) is 0 Å². The van der Waals surface area contributed by atoms with E-state index in [9.17, 15) is 4.79 Å². The largest absolute Gasteiger partial charge is 0.497 e. The van der Waals surface area contributed by atoms with Gasteiger partial charge in [0.15, 0.2) is 5.84 Å². The summed E-state index contributed by atoms with van der Waals surface area (Å²) in [5.41, 5.74) is 5.59. The standard InChI is InChI=1S/C15H21N3O3/c1-21-12-7-5-11(6-8-12)13(19)17-15(14(16)18-20)9-3-2-4-10-15/h5-8,20H,2-4,9-10H2,1H3,(H2,16,18)(H,17,19). The third-order valence-corrected chi connectivity index (χ3v) is 4.01. The molecule has 21 heavy (non-hydrogen) atoms. The van der Waals surface area contributed by atoms with E-state index < -0.39 is 5.54 Å². The van der Waals surface area contributed by atoms with E-state index in [1.165, 1.54) is 0 Å². The number of carbonyl (C=O) groups excluding carboxylic acids is 1. The normalized spacial score (nSPS) is 18.0. The van der Waals surface area contributed by atoms with Crippen LogP contribution in [0.3, 0.4) is 0 Å². The van der Waals surface area contributed by atoms with Crippen molar-refractivity contribution in [1.82, 2.24) is 5.32 Å². The van der Waals surface area contributed by atoms with Gasteiger partial charge in [0.05, 0.1) is 7.11 Å². The maximum atomic E-state index is 12.4. The molecule has 0 spiro atoms. The lowest BCUT2D eigenvalue weighted by atomic mass is 9.80. The fourth-order valence-electron chi connectivity index (χ4n) is 2.73. The Morgan fingerprint density at radius 3 is 2.43 bits per heavy atom. The maximum Gasteiger partial charge on any atom is 0.252 e. The average Bonchev–Trinajstić information content (AvgIpc) is 2.55. The number of carbonyl (C=O) groups is 1. The molecule has 6 heteroatoms. The van der Waals surface area contributed by atoms with Crippen molar-refractivity contribution in [3.05, 3.63) is 29.8 Å². The van der Waals surface area contributed by atoms with Crippen LogP contribution in [0, 0.1) is 0 Å². The molecule has 0 radical (unpaired) electrons. The highest BCUT2D eigenvalue weighted by molar-refractivity contribution is 6.00. The summed E-state index contributed by atoms with van der Waals surface area (Å²) in [5.74, 6) is 0.533. The summed E-state index contributed by atoms with van der Waals surface area (Å²) in [7, 11) is 1.57. The summed E-state index contributed by atoms with van der Waals surface area (Å²) in [4.78, 5) is 12.4. The van der Waals surface area contributed by atoms with Gasteiger partial charge < -0.3 is 21.0 Å². The van der Waals surface area contributed by atoms with Gasteiger partial charge in [0, 0.05) is 5.56 Å². The number of benzene rings is 1. The second kappa shape index (κ2) is 6.47. The van der Waals surface area contributed by atoms with Crippen LogP contribution in [-0.4, -0.2) is 29.6 Å². The minimum atomic E-state index is -0.746. The molecule has 4 N–H and O–H groups in total. The monoisotopic (exact) mass is 291 g/mol. The molecule has 1 aromatic rings. The summed E-state index contributed by atoms with van der Waals surface area (Å²) < 4.78 is 5.07. The zero-order valence-corrected chi connectivity index (χ0v) is 12.1. The first-order valence-corrected chi connectivity index (χ1v) is 7.06. The smallest absolute Gasteiger partial charge is 0.252 e. The van der Waals surface area contributed by atoms with E-state index in [4.69, 9.17) is 15.7 Å². The van der Waals surface area contributed by atoms with Gasteiger partial charge in [0.2, 0.25) is 0 Å². The molecule has 6 nitrogen and oxygen atoms in total. The van der Waals surface area contributed by atoms with Crippen molar-refractivity contribution in [2.24, 2.45) is 10.9 Å². The van der Waals surface area contributed by atoms with Crippen LogP contribution in [-0.2, 0) is 0 Å². The van der Waals surface area contributed by atoms with E-state index in [-0.39, 0.29) is 11.7 Å². The Labute approximate surface area is 124 Å². The number of nitrogens with zero attached hydrogens (tertiary/aromatic N) is 1. The highest BCUT2D eigenvalue weighted by Crippen LogP contribution is 2.29. The number of nitrogens with two attached hydrogens (primary N) is 1. The molecule has 1 aromatic carbocycles. The lowest BCUT2D eigenvalue weighted by Crippen LogP contribution is -2.58. The summed E-state index contributed by atoms with van der Waals surface area (Å²) in [5, 5.41) is 15.1. The first kappa shape index (κ1) is 15.2. The van der Waals surface area contributed by atoms with Crippen molar-refractivity contribution in [3.8, 4) is 5.75 Å². The molecule has 114 valence electrons. The molecule has 1 saturated carbocycles. The van der Waals surface area contributed by atoms with Gasteiger partial charge in [-0.15, -0.1) is 0 Å². The van der Waals surface area contributed by atoms with E-state index in [0.29, 0.717) is 24.2 Å². The minimum Gasteiger partial charge on any atom is -0.497 e. The van der Waals surface area contributed by atoms with Crippen molar-refractivity contribution < 1.29 is 14.7 Å². The van der Waals surface area contributed by atoms with Crippen LogP contribution in [0.25, 0.3) is 0 Å². The van der Waals surface area contributed by atoms with E-state index in [1.807, 2.05) is 0 Å². The van der Waals surface area contributed by atoms with E-state index in [0.717, 1.165) is 19.3 Å². The van der Waals surface area contributed by atoms with E-state index in [1.54, 1.807) is 31.4 Å². The molecular weight excluding hydrogens is 270 g/mol. The van der Waals surface area contributed by atoms with Gasteiger partial charge in [0.25, 0.3) is 5.91 Å². The Kier molecular flexibility index (Phi) is 4.67. The molecule has 0 unspecified atom stereocenters. The molecule has 1 aliphatic carbocycles. The Morgan fingerprint density at radius 2 is 1.90 bits per heavy atom. The van der Waals surface area contributed by atoms with Crippen molar-refractivity contribution in [3.63, 3.8) is 0 Å². The van der Waals surface area contributed by atoms with Gasteiger partial charge in [-0.2, -0.15) is 0 Å². The molecule has 0 aromatic heterocycles. The van der Waals surface area contributed by atoms with Gasteiger partial charge in [-0.1, -0.05) is 24.4 Å². The minimum absolute atomic E-state index is 0.0732. The fourth-order valence-corrected chi connectivity index (χ4v) is 2.73. The first-order valence-electron chi connectivity index (χ1n) is 7.06. The predicted molar refractivity (Wildman–Crippen MR) is 79.7 cm³/mol. The topological polar surface area (TPSA) is 96.9 Å². The highest BCUT2D eigenvalue weighted by atomic mass is 16.5. The van der Waals surface area contributed by atoms with Gasteiger partial charge in [-0.05, 0) is 37.1 Å². The number of hydrogen-bond donors (Lipinski definition) is 3. The zero-order valence-electron chi connectivity index (χ0n) is 12.1. The number of oxime groups is 1. The molecule has 0 heterocycles. The summed E-state index contributed by atoms with van der Waals surface area (Å²) in [6, 6.07) is 6.84. The van der Waals surface area contributed by atoms with Crippen molar-refractivity contribution in [1.29, 1.82) is 0 Å². The van der Waals surface area contributed by atoms with Crippen LogP contribution in [0.1, 0.15) is 42.5 Å². The Bertz CT molecular complexity index is 519. The molecule has 1 aliphatic rings. The Balaban J connectivity index is 2.17. The van der Waals surface area contributed by atoms with Gasteiger partial charge >= 0.3 is 0 Å².